The fourth-order valence-electron chi connectivity index (χ4n) is 1.38. The van der Waals surface area contributed by atoms with E-state index in [-0.39, 0.29) is 11.4 Å². The van der Waals surface area contributed by atoms with Crippen molar-refractivity contribution in [1.82, 2.24) is 14.7 Å². The monoisotopic (exact) mass is 362 g/mol. The van der Waals surface area contributed by atoms with Gasteiger partial charge in [0.25, 0.3) is 0 Å². The van der Waals surface area contributed by atoms with Crippen LogP contribution in [0.3, 0.4) is 0 Å². The molecule has 0 atom stereocenters. The van der Waals surface area contributed by atoms with Crippen molar-refractivity contribution in [2.75, 3.05) is 12.4 Å². The fourth-order valence-corrected chi connectivity index (χ4v) is 3.61. The third kappa shape index (κ3) is 3.50. The SMILES string of the molecule is CNc1ncc(Br)cc1S(=O)(=O)NCc1cscn1. The number of thiazole rings is 1. The highest BCUT2D eigenvalue weighted by Crippen LogP contribution is 2.22. The summed E-state index contributed by atoms with van der Waals surface area (Å²) in [6, 6.07) is 1.50. The molecule has 2 aromatic heterocycles. The van der Waals surface area contributed by atoms with E-state index in [2.05, 4.69) is 35.9 Å². The van der Waals surface area contributed by atoms with Gasteiger partial charge >= 0.3 is 0 Å². The number of halogens is 1. The van der Waals surface area contributed by atoms with Gasteiger partial charge in [0, 0.05) is 23.1 Å². The van der Waals surface area contributed by atoms with Gasteiger partial charge in [-0.1, -0.05) is 0 Å². The maximum atomic E-state index is 12.2. The zero-order valence-corrected chi connectivity index (χ0v) is 13.1. The normalized spacial score (nSPS) is 11.5. The predicted molar refractivity (Wildman–Crippen MR) is 77.6 cm³/mol. The van der Waals surface area contributed by atoms with E-state index in [0.29, 0.717) is 16.0 Å². The Morgan fingerprint density at radius 1 is 1.42 bits per heavy atom. The Labute approximate surface area is 123 Å². The Bertz CT molecular complexity index is 658. The number of hydrogen-bond acceptors (Lipinski definition) is 6. The molecule has 0 saturated heterocycles. The largest absolute Gasteiger partial charge is 0.372 e. The van der Waals surface area contributed by atoms with Crippen molar-refractivity contribution in [3.8, 4) is 0 Å². The predicted octanol–water partition coefficient (Wildman–Crippen LogP) is 1.82. The maximum absolute atomic E-state index is 12.2. The van der Waals surface area contributed by atoms with E-state index < -0.39 is 10.0 Å². The highest BCUT2D eigenvalue weighted by molar-refractivity contribution is 9.10. The lowest BCUT2D eigenvalue weighted by Crippen LogP contribution is -2.24. The van der Waals surface area contributed by atoms with Gasteiger partial charge in [0.05, 0.1) is 17.7 Å². The van der Waals surface area contributed by atoms with Crippen LogP contribution in [0.25, 0.3) is 0 Å². The molecule has 0 amide bonds. The molecule has 0 aliphatic rings. The van der Waals surface area contributed by atoms with Crippen molar-refractivity contribution in [2.45, 2.75) is 11.4 Å². The maximum Gasteiger partial charge on any atom is 0.244 e. The van der Waals surface area contributed by atoms with Crippen LogP contribution < -0.4 is 10.0 Å². The van der Waals surface area contributed by atoms with Crippen molar-refractivity contribution in [1.29, 1.82) is 0 Å². The van der Waals surface area contributed by atoms with Gasteiger partial charge in [-0.15, -0.1) is 11.3 Å². The third-order valence-electron chi connectivity index (χ3n) is 2.27. The number of hydrogen-bond donors (Lipinski definition) is 2. The summed E-state index contributed by atoms with van der Waals surface area (Å²) in [6.45, 7) is 0.154. The van der Waals surface area contributed by atoms with E-state index in [0.717, 1.165) is 0 Å². The molecule has 0 radical (unpaired) electrons. The standard InChI is InChI=1S/C10H11BrN4O2S2/c1-12-10-9(2-7(11)3-13-10)19(16,17)15-4-8-5-18-6-14-8/h2-3,5-6,15H,4H2,1H3,(H,12,13). The molecule has 0 aliphatic heterocycles. The summed E-state index contributed by atoms with van der Waals surface area (Å²) >= 11 is 4.63. The Kier molecular flexibility index (Phi) is 4.50. The molecule has 0 aliphatic carbocycles. The molecule has 0 saturated carbocycles. The number of nitrogens with one attached hydrogen (secondary N) is 2. The highest BCUT2D eigenvalue weighted by atomic mass is 79.9. The molecule has 2 N–H and O–H groups in total. The van der Waals surface area contributed by atoms with E-state index in [4.69, 9.17) is 0 Å². The van der Waals surface area contributed by atoms with E-state index in [1.807, 2.05) is 0 Å². The quantitative estimate of drug-likeness (QED) is 0.847. The van der Waals surface area contributed by atoms with Crippen LogP contribution in [-0.4, -0.2) is 25.4 Å². The summed E-state index contributed by atoms with van der Waals surface area (Å²) < 4.78 is 27.5. The Hall–Kier alpha value is -1.03. The molecule has 2 rings (SSSR count). The number of nitrogens with zero attached hydrogens (tertiary/aromatic N) is 2. The lowest BCUT2D eigenvalue weighted by molar-refractivity contribution is 0.580. The Morgan fingerprint density at radius 2 is 2.21 bits per heavy atom. The smallest absolute Gasteiger partial charge is 0.244 e. The molecule has 102 valence electrons. The van der Waals surface area contributed by atoms with Crippen LogP contribution in [0.4, 0.5) is 5.82 Å². The van der Waals surface area contributed by atoms with Gasteiger partial charge in [-0.2, -0.15) is 0 Å². The first-order valence-corrected chi connectivity index (χ1v) is 8.45. The van der Waals surface area contributed by atoms with Crippen molar-refractivity contribution < 1.29 is 8.42 Å². The van der Waals surface area contributed by atoms with E-state index in [9.17, 15) is 8.42 Å². The first-order valence-electron chi connectivity index (χ1n) is 5.23. The molecule has 0 aromatic carbocycles. The van der Waals surface area contributed by atoms with Crippen molar-refractivity contribution in [2.24, 2.45) is 0 Å². The van der Waals surface area contributed by atoms with Gasteiger partial charge in [0.1, 0.15) is 10.7 Å². The van der Waals surface area contributed by atoms with Gasteiger partial charge < -0.3 is 5.32 Å². The molecule has 0 bridgehead atoms. The van der Waals surface area contributed by atoms with Gasteiger partial charge in [-0.25, -0.2) is 23.1 Å². The molecule has 6 nitrogen and oxygen atoms in total. The first kappa shape index (κ1) is 14.4. The summed E-state index contributed by atoms with van der Waals surface area (Å²) in [5.41, 5.74) is 2.34. The number of pyridine rings is 1. The van der Waals surface area contributed by atoms with E-state index in [1.165, 1.54) is 23.6 Å². The molecule has 9 heteroatoms. The summed E-state index contributed by atoms with van der Waals surface area (Å²) in [4.78, 5) is 8.14. The van der Waals surface area contributed by atoms with Gasteiger partial charge in [0.15, 0.2) is 0 Å². The lowest BCUT2D eigenvalue weighted by atomic mass is 10.4. The Morgan fingerprint density at radius 3 is 2.84 bits per heavy atom. The highest BCUT2D eigenvalue weighted by Gasteiger charge is 2.19. The van der Waals surface area contributed by atoms with Gasteiger partial charge in [0.2, 0.25) is 10.0 Å². The summed E-state index contributed by atoms with van der Waals surface area (Å²) in [6.07, 6.45) is 1.53. The van der Waals surface area contributed by atoms with Gasteiger partial charge in [-0.05, 0) is 22.0 Å². The third-order valence-corrected chi connectivity index (χ3v) is 4.76. The van der Waals surface area contributed by atoms with Crippen LogP contribution in [0.2, 0.25) is 0 Å². The summed E-state index contributed by atoms with van der Waals surface area (Å²) in [5.74, 6) is 0.300. The minimum Gasteiger partial charge on any atom is -0.372 e. The molecular formula is C10H11BrN4O2S2. The number of rotatable bonds is 5. The van der Waals surface area contributed by atoms with Crippen LogP contribution in [-0.2, 0) is 16.6 Å². The fraction of sp³-hybridized carbons (Fsp3) is 0.200. The average Bonchev–Trinajstić information content (AvgIpc) is 2.89. The molecule has 0 unspecified atom stereocenters. The number of anilines is 1. The second kappa shape index (κ2) is 5.95. The first-order chi connectivity index (χ1) is 9.03. The van der Waals surface area contributed by atoms with Crippen molar-refractivity contribution in [3.05, 3.63) is 33.3 Å². The van der Waals surface area contributed by atoms with Crippen molar-refractivity contribution >= 4 is 43.1 Å². The van der Waals surface area contributed by atoms with E-state index in [1.54, 1.807) is 17.9 Å². The molecule has 0 spiro atoms. The average molecular weight is 363 g/mol. The minimum atomic E-state index is -3.64. The molecule has 0 fully saturated rings. The molecular weight excluding hydrogens is 352 g/mol. The zero-order chi connectivity index (χ0) is 13.9. The van der Waals surface area contributed by atoms with Crippen LogP contribution in [0.5, 0.6) is 0 Å². The second-order valence-electron chi connectivity index (χ2n) is 3.55. The zero-order valence-electron chi connectivity index (χ0n) is 9.92. The Balaban J connectivity index is 2.26. The number of sulfonamides is 1. The number of aromatic nitrogens is 2. The van der Waals surface area contributed by atoms with Crippen LogP contribution >= 0.6 is 27.3 Å². The van der Waals surface area contributed by atoms with Gasteiger partial charge in [-0.3, -0.25) is 0 Å². The summed E-state index contributed by atoms with van der Waals surface area (Å²) in [7, 11) is -2.02. The topological polar surface area (TPSA) is 84.0 Å². The molecule has 19 heavy (non-hydrogen) atoms. The minimum absolute atomic E-state index is 0.0969. The molecule has 2 aromatic rings. The molecule has 2 heterocycles. The second-order valence-corrected chi connectivity index (χ2v) is 6.92. The lowest BCUT2D eigenvalue weighted by Gasteiger charge is -2.10. The van der Waals surface area contributed by atoms with Crippen LogP contribution in [0.1, 0.15) is 5.69 Å². The van der Waals surface area contributed by atoms with E-state index >= 15 is 0 Å². The van der Waals surface area contributed by atoms with Crippen molar-refractivity contribution in [3.63, 3.8) is 0 Å². The van der Waals surface area contributed by atoms with Crippen LogP contribution in [0, 0.1) is 0 Å². The summed E-state index contributed by atoms with van der Waals surface area (Å²) in [5, 5.41) is 4.55. The van der Waals surface area contributed by atoms with Crippen LogP contribution in [0.15, 0.2) is 32.5 Å².